The number of carbonyl (C=O) groups excluding carboxylic acids is 15. The van der Waals surface area contributed by atoms with E-state index in [0.717, 1.165) is 30.1 Å². The number of halogens is 3. The minimum atomic E-state index is -2.06. The van der Waals surface area contributed by atoms with Gasteiger partial charge in [-0.15, -0.1) is 11.8 Å². The molecule has 1 aromatic heterocycles. The SMILES string of the molecule is CCCC[C@H]1C(=O)N2C[C@@H](O)C[C@@H]2C(=O)N[C@@H](CC(=O)O)C(=O)N[C@@H](C(C)C)C(=O)N(C)[C@@H](Cc2ccc(C)cc2)C(=O)N[C@@H](CCC(=O)O)C(=O)N2CCC[C@@H]2C(=O)N[C@@H](Cc2c[nH]c3ccccc23)C(=O)N[C@@H](Cc2ccc(O)cc2)C(=O)N[C@@H](CCC(C)C)C(=O)N[C@H](C(=O)NCC(N)=O)CSCC(=O)N[C@@H](Cc2cc(F)c(F)c(F)c2)C(=O)N(C)[C@@H](CCc2ccccc2)C(=O)N1C. The highest BCUT2D eigenvalue weighted by atomic mass is 32.2. The number of benzene rings is 5. The van der Waals surface area contributed by atoms with E-state index in [9.17, 15) is 58.4 Å². The van der Waals surface area contributed by atoms with Crippen LogP contribution < -0.4 is 53.6 Å². The van der Waals surface area contributed by atoms with Crippen LogP contribution >= 0.6 is 11.8 Å². The molecule has 3 saturated heterocycles. The molecule has 16 N–H and O–H groups in total. The molecule has 9 rings (SSSR count). The molecule has 6 aromatic rings. The number of aliphatic hydroxyl groups is 1. The third-order valence-electron chi connectivity index (χ3n) is 24.6. The maximum Gasteiger partial charge on any atom is 0.305 e. The lowest BCUT2D eigenvalue weighted by atomic mass is 9.98. The fourth-order valence-corrected chi connectivity index (χ4v) is 17.7. The molecule has 0 unspecified atom stereocenters. The van der Waals surface area contributed by atoms with Crippen LogP contribution in [0.15, 0.2) is 121 Å². The van der Waals surface area contributed by atoms with Crippen LogP contribution in [0.3, 0.4) is 0 Å². The maximum atomic E-state index is 15.7. The van der Waals surface area contributed by atoms with Gasteiger partial charge in [0.25, 0.3) is 0 Å². The summed E-state index contributed by atoms with van der Waals surface area (Å²) < 4.78 is 45.2. The van der Waals surface area contributed by atoms with Crippen molar-refractivity contribution < 1.29 is 115 Å². The molecule has 37 nitrogen and oxygen atoms in total. The Kier molecular flexibility index (Phi) is 39.4. The number of phenols is 1. The number of hydrogen-bond donors (Lipinski definition) is 15. The number of fused-ring (bicyclic) bond motifs is 3. The summed E-state index contributed by atoms with van der Waals surface area (Å²) in [4.78, 5) is 259. The van der Waals surface area contributed by atoms with Gasteiger partial charge in [0.05, 0.1) is 24.8 Å². The third kappa shape index (κ3) is 30.3. The summed E-state index contributed by atoms with van der Waals surface area (Å²) >= 11 is 0.660. The first-order valence-electron chi connectivity index (χ1n) is 45.6. The number of carboxylic acids is 2. The van der Waals surface area contributed by atoms with E-state index >= 15 is 56.7 Å². The fraction of sp³-hybridized carbons (Fsp3) is 0.490. The fourth-order valence-electron chi connectivity index (χ4n) is 16.8. The van der Waals surface area contributed by atoms with E-state index in [-0.39, 0.29) is 94.4 Å². The molecule has 3 aliphatic heterocycles. The second kappa shape index (κ2) is 50.4. The zero-order valence-electron chi connectivity index (χ0n) is 77.9. The Balaban J connectivity index is 1.15. The number of aliphatic hydroxyl groups excluding tert-OH is 1. The smallest absolute Gasteiger partial charge is 0.305 e. The van der Waals surface area contributed by atoms with Gasteiger partial charge in [0.1, 0.15) is 84.3 Å². The number of para-hydroxylation sites is 1. The summed E-state index contributed by atoms with van der Waals surface area (Å²) in [5.41, 5.74) is 8.38. The Hall–Kier alpha value is -13.5. The number of amides is 15. The highest BCUT2D eigenvalue weighted by Crippen LogP contribution is 2.29. The van der Waals surface area contributed by atoms with Crippen molar-refractivity contribution in [1.82, 2.24) is 77.3 Å². The molecule has 0 bridgehead atoms. The van der Waals surface area contributed by atoms with Crippen LogP contribution in [0.25, 0.3) is 10.9 Å². The number of phenolic OH excluding ortho intramolecular Hbond substituents is 1. The highest BCUT2D eigenvalue weighted by molar-refractivity contribution is 8.00. The van der Waals surface area contributed by atoms with Crippen LogP contribution in [0.1, 0.15) is 145 Å². The topological polar surface area (TPSA) is 537 Å². The first-order chi connectivity index (χ1) is 65.0. The zero-order chi connectivity index (χ0) is 100. The van der Waals surface area contributed by atoms with Gasteiger partial charge in [-0.2, -0.15) is 0 Å². The number of likely N-dealkylation sites (N-methyl/N-ethyl adjacent to an activating group) is 3. The molecule has 0 radical (unpaired) electrons. The average molecular weight is 1930 g/mol. The molecule has 0 aliphatic carbocycles. The lowest BCUT2D eigenvalue weighted by Gasteiger charge is -2.38. The van der Waals surface area contributed by atoms with Crippen molar-refractivity contribution in [3.8, 4) is 5.75 Å². The number of aliphatic carboxylic acids is 2. The van der Waals surface area contributed by atoms with E-state index in [4.69, 9.17) is 5.73 Å². The van der Waals surface area contributed by atoms with E-state index in [1.54, 1.807) is 98.9 Å². The lowest BCUT2D eigenvalue weighted by Crippen LogP contribution is -2.62. The number of nitrogens with one attached hydrogen (secondary N) is 10. The van der Waals surface area contributed by atoms with Crippen LogP contribution in [-0.4, -0.2) is 287 Å². The minimum absolute atomic E-state index is 0.0459. The van der Waals surface area contributed by atoms with Crippen LogP contribution in [0.2, 0.25) is 0 Å². The standard InChI is InChI=1S/C96H123F3N16O21S/c1-10-11-22-74-95(135)115-49-61(117)45-77(115)91(131)108-70(46-81(122)123)88(128)110-83(53(4)5)96(136)113(9)76(43-57-27-25-54(6)26-28-57)90(130)105-67(35-37-80(120)121)93(133)114-38-17-23-73(114)89(129)107-69(44-59-47-101-65-21-16-15-20-62(59)65)87(127)106-68(41-56-29-32-60(116)33-30-56)86(126)104-66(34-24-52(2)3)85(125)109-72(84(124)102-48-78(100)118)50-137-51-79(119)103-71(42-58-39-63(97)82(99)64(98)40-58)92(132)111(7)75(94(134)112(74)8)36-31-55-18-13-12-14-19-55/h12-16,18-21,25-30,32-33,39-40,47,52-53,61,66-77,83,101,116-117H,10-11,17,22-24,31,34-38,41-46,48-51H2,1-9H3,(H2,100,118)(H,102,124)(H,103,119)(H,104,126)(H,105,130)(H,106,127)(H,107,129)(H,108,131)(H,109,125)(H,110,128)(H,120,121)(H,122,123)/t61-,66-,67-,68-,69-,70-,71-,72-,73+,74-,75-,76-,77+,83-/m0/s1. The molecule has 3 aliphatic rings. The van der Waals surface area contributed by atoms with Crippen molar-refractivity contribution in [2.75, 3.05) is 52.3 Å². The predicted molar refractivity (Wildman–Crippen MR) is 497 cm³/mol. The summed E-state index contributed by atoms with van der Waals surface area (Å²) in [5, 5.41) is 66.4. The Morgan fingerprint density at radius 1 is 0.547 bits per heavy atom. The average Bonchev–Trinajstić information content (AvgIpc) is 1.70. The summed E-state index contributed by atoms with van der Waals surface area (Å²) in [6, 6.07) is 7.02. The number of nitrogens with two attached hydrogens (primary N) is 1. The van der Waals surface area contributed by atoms with E-state index in [1.165, 1.54) is 59.3 Å². The molecule has 5 aromatic carbocycles. The number of H-pyrrole nitrogens is 1. The number of hydrogen-bond acceptors (Lipinski definition) is 20. The van der Waals surface area contributed by atoms with Crippen molar-refractivity contribution in [2.45, 2.75) is 235 Å². The van der Waals surface area contributed by atoms with Gasteiger partial charge in [-0.3, -0.25) is 81.5 Å². The second-order valence-corrected chi connectivity index (χ2v) is 36.8. The molecular weight excluding hydrogens is 1800 g/mol. The number of aryl methyl sites for hydroxylation is 2. The maximum absolute atomic E-state index is 15.7. The van der Waals surface area contributed by atoms with Crippen LogP contribution in [0.5, 0.6) is 5.75 Å². The van der Waals surface area contributed by atoms with Gasteiger partial charge < -0.3 is 103 Å². The van der Waals surface area contributed by atoms with Crippen LogP contribution in [0, 0.1) is 36.2 Å². The summed E-state index contributed by atoms with van der Waals surface area (Å²) in [6.07, 6.45) is -4.19. The second-order valence-electron chi connectivity index (χ2n) is 35.8. The minimum Gasteiger partial charge on any atom is -0.508 e. The summed E-state index contributed by atoms with van der Waals surface area (Å²) in [7, 11) is 3.63. The van der Waals surface area contributed by atoms with Crippen LogP contribution in [-0.2, 0) is 114 Å². The number of aromatic nitrogens is 1. The van der Waals surface area contributed by atoms with Crippen molar-refractivity contribution >= 4 is 123 Å². The van der Waals surface area contributed by atoms with Crippen molar-refractivity contribution in [1.29, 1.82) is 0 Å². The number of carbonyl (C=O) groups is 17. The van der Waals surface area contributed by atoms with Gasteiger partial charge in [0.15, 0.2) is 17.5 Å². The number of carboxylic acid groups (broad SMARTS) is 2. The quantitative estimate of drug-likeness (QED) is 0.0347. The highest BCUT2D eigenvalue weighted by Gasteiger charge is 2.48. The van der Waals surface area contributed by atoms with Crippen molar-refractivity contribution in [3.05, 3.63) is 172 Å². The van der Waals surface area contributed by atoms with E-state index in [1.807, 2.05) is 13.8 Å². The molecule has 4 heterocycles. The Labute approximate surface area is 795 Å². The third-order valence-corrected chi connectivity index (χ3v) is 25.6. The molecule has 740 valence electrons. The van der Waals surface area contributed by atoms with E-state index in [2.05, 4.69) is 52.8 Å². The number of aromatic hydroxyl groups is 1. The summed E-state index contributed by atoms with van der Waals surface area (Å²) in [5.74, 6) is -26.3. The van der Waals surface area contributed by atoms with Crippen molar-refractivity contribution in [2.24, 2.45) is 17.6 Å². The Morgan fingerprint density at radius 3 is 1.76 bits per heavy atom. The van der Waals surface area contributed by atoms with E-state index in [0.29, 0.717) is 63.5 Å². The number of unbranched alkanes of at least 4 members (excludes halogenated alkanes) is 1. The van der Waals surface area contributed by atoms with Gasteiger partial charge in [0.2, 0.25) is 88.6 Å². The number of thioether (sulfide) groups is 1. The number of nitrogens with zero attached hydrogens (tertiary/aromatic N) is 5. The summed E-state index contributed by atoms with van der Waals surface area (Å²) in [6.45, 7) is 8.67. The van der Waals surface area contributed by atoms with Gasteiger partial charge in [-0.1, -0.05) is 138 Å². The Morgan fingerprint density at radius 2 is 1.12 bits per heavy atom. The van der Waals surface area contributed by atoms with E-state index < -0.39 is 265 Å². The molecule has 3 fully saturated rings. The number of rotatable bonds is 26. The molecular formula is C96H123F3N16O21S. The first kappa shape index (κ1) is 107. The molecule has 15 amide bonds. The molecule has 0 spiro atoms. The molecule has 137 heavy (non-hydrogen) atoms. The number of aromatic amines is 1. The van der Waals surface area contributed by atoms with Gasteiger partial charge in [-0.25, -0.2) is 13.2 Å². The molecule has 14 atom stereocenters. The van der Waals surface area contributed by atoms with Gasteiger partial charge in [0, 0.05) is 95.6 Å². The monoisotopic (exact) mass is 1920 g/mol. The number of primary amides is 1. The zero-order valence-corrected chi connectivity index (χ0v) is 78.7. The first-order valence-corrected chi connectivity index (χ1v) is 46.8. The largest absolute Gasteiger partial charge is 0.508 e. The normalized spacial score (nSPS) is 23.8. The van der Waals surface area contributed by atoms with Gasteiger partial charge in [-0.05, 0) is 128 Å². The Bertz CT molecular complexity index is 5320. The van der Waals surface area contributed by atoms with Gasteiger partial charge >= 0.3 is 11.9 Å². The lowest BCUT2D eigenvalue weighted by molar-refractivity contribution is -0.152. The van der Waals surface area contributed by atoms with Crippen LogP contribution in [0.4, 0.5) is 13.2 Å². The molecule has 0 saturated carbocycles. The predicted octanol–water partition coefficient (Wildman–Crippen LogP) is 2.79. The van der Waals surface area contributed by atoms with Crippen molar-refractivity contribution in [3.63, 3.8) is 0 Å². The molecule has 41 heteroatoms.